The number of ether oxygens (including phenoxy) is 1. The highest BCUT2D eigenvalue weighted by atomic mass is 79.9. The molecule has 0 atom stereocenters. The zero-order chi connectivity index (χ0) is 15.3. The number of nitrogens with zero attached hydrogens (tertiary/aromatic N) is 1. The molecule has 0 aliphatic carbocycles. The number of rotatable bonds is 4. The predicted molar refractivity (Wildman–Crippen MR) is 69.1 cm³/mol. The summed E-state index contributed by atoms with van der Waals surface area (Å²) in [5.41, 5.74) is -1.16. The Kier molecular flexibility index (Phi) is 5.57. The zero-order valence-corrected chi connectivity index (χ0v) is 12.1. The van der Waals surface area contributed by atoms with Crippen molar-refractivity contribution in [2.24, 2.45) is 0 Å². The third kappa shape index (κ3) is 3.97. The summed E-state index contributed by atoms with van der Waals surface area (Å²) < 4.78 is 43.8. The Morgan fingerprint density at radius 1 is 1.45 bits per heavy atom. The summed E-state index contributed by atoms with van der Waals surface area (Å²) in [5.74, 6) is -0.791. The van der Waals surface area contributed by atoms with Crippen LogP contribution in [0.15, 0.2) is 12.1 Å². The van der Waals surface area contributed by atoms with E-state index in [1.807, 2.05) is 0 Å². The standard InChI is InChI=1S/C13H11BrF3NO2/c1-2-20-12(19)5-10-9(7-18)3-8(6-14)4-11(10)13(15,16)17/h3-4H,2,5-6H2,1H3. The van der Waals surface area contributed by atoms with Crippen LogP contribution in [0.1, 0.15) is 29.2 Å². The fraction of sp³-hybridized carbons (Fsp3) is 0.385. The van der Waals surface area contributed by atoms with Crippen LogP contribution in [0.25, 0.3) is 0 Å². The highest BCUT2D eigenvalue weighted by Gasteiger charge is 2.35. The van der Waals surface area contributed by atoms with E-state index >= 15 is 0 Å². The minimum atomic E-state index is -4.63. The average molecular weight is 350 g/mol. The van der Waals surface area contributed by atoms with E-state index in [1.165, 1.54) is 6.07 Å². The van der Waals surface area contributed by atoms with Gasteiger partial charge in [0.2, 0.25) is 0 Å². The number of nitriles is 1. The smallest absolute Gasteiger partial charge is 0.416 e. The first-order valence-electron chi connectivity index (χ1n) is 5.68. The second-order valence-corrected chi connectivity index (χ2v) is 4.46. The number of hydrogen-bond donors (Lipinski definition) is 0. The van der Waals surface area contributed by atoms with Gasteiger partial charge in [0.05, 0.1) is 30.2 Å². The number of esters is 1. The first-order valence-corrected chi connectivity index (χ1v) is 6.80. The number of alkyl halides is 4. The number of carbonyl (C=O) groups is 1. The number of hydrogen-bond acceptors (Lipinski definition) is 3. The topological polar surface area (TPSA) is 50.1 Å². The first kappa shape index (κ1) is 16.5. The molecular formula is C13H11BrF3NO2. The normalized spacial score (nSPS) is 11.0. The van der Waals surface area contributed by atoms with Crippen LogP contribution >= 0.6 is 15.9 Å². The molecule has 0 aromatic heterocycles. The lowest BCUT2D eigenvalue weighted by Gasteiger charge is -2.15. The fourth-order valence-corrected chi connectivity index (χ4v) is 2.03. The van der Waals surface area contributed by atoms with Crippen molar-refractivity contribution in [1.82, 2.24) is 0 Å². The molecule has 1 rings (SSSR count). The summed E-state index contributed by atoms with van der Waals surface area (Å²) in [6.07, 6.45) is -5.21. The number of benzene rings is 1. The molecule has 0 aliphatic heterocycles. The molecule has 0 saturated carbocycles. The summed E-state index contributed by atoms with van der Waals surface area (Å²) in [6.45, 7) is 1.63. The van der Waals surface area contributed by atoms with Crippen LogP contribution in [0.3, 0.4) is 0 Å². The molecular weight excluding hydrogens is 339 g/mol. The van der Waals surface area contributed by atoms with Crippen molar-refractivity contribution >= 4 is 21.9 Å². The van der Waals surface area contributed by atoms with Gasteiger partial charge in [-0.05, 0) is 30.2 Å². The molecule has 3 nitrogen and oxygen atoms in total. The fourth-order valence-electron chi connectivity index (χ4n) is 1.71. The summed E-state index contributed by atoms with van der Waals surface area (Å²) in [4.78, 5) is 11.4. The lowest BCUT2D eigenvalue weighted by atomic mass is 9.96. The third-order valence-electron chi connectivity index (χ3n) is 2.52. The van der Waals surface area contributed by atoms with Crippen molar-refractivity contribution in [3.63, 3.8) is 0 Å². The molecule has 0 amide bonds. The van der Waals surface area contributed by atoms with E-state index in [0.717, 1.165) is 6.07 Å². The van der Waals surface area contributed by atoms with Gasteiger partial charge in [-0.2, -0.15) is 18.4 Å². The first-order chi connectivity index (χ1) is 9.33. The minimum absolute atomic E-state index is 0.0710. The van der Waals surface area contributed by atoms with Gasteiger partial charge in [-0.15, -0.1) is 0 Å². The summed E-state index contributed by atoms with van der Waals surface area (Å²) in [7, 11) is 0. The van der Waals surface area contributed by atoms with Gasteiger partial charge in [-0.3, -0.25) is 4.79 Å². The maximum Gasteiger partial charge on any atom is 0.416 e. The highest BCUT2D eigenvalue weighted by molar-refractivity contribution is 9.08. The van der Waals surface area contributed by atoms with E-state index in [2.05, 4.69) is 20.7 Å². The predicted octanol–water partition coefficient (Wildman–Crippen LogP) is 3.58. The maximum absolute atomic E-state index is 13.0. The van der Waals surface area contributed by atoms with Crippen molar-refractivity contribution in [3.8, 4) is 6.07 Å². The van der Waals surface area contributed by atoms with Crippen LogP contribution in [0, 0.1) is 11.3 Å². The molecule has 0 bridgehead atoms. The van der Waals surface area contributed by atoms with E-state index < -0.39 is 24.1 Å². The lowest BCUT2D eigenvalue weighted by molar-refractivity contribution is -0.143. The number of carbonyl (C=O) groups excluding carboxylic acids is 1. The molecule has 0 N–H and O–H groups in total. The molecule has 1 aromatic carbocycles. The lowest BCUT2D eigenvalue weighted by Crippen LogP contribution is -2.16. The average Bonchev–Trinajstić information content (AvgIpc) is 2.37. The Morgan fingerprint density at radius 3 is 2.55 bits per heavy atom. The van der Waals surface area contributed by atoms with Gasteiger partial charge >= 0.3 is 12.1 Å². The summed E-state index contributed by atoms with van der Waals surface area (Å²) >= 11 is 3.05. The highest BCUT2D eigenvalue weighted by Crippen LogP contribution is 2.35. The van der Waals surface area contributed by atoms with Gasteiger partial charge in [0.1, 0.15) is 0 Å². The Balaban J connectivity index is 3.38. The van der Waals surface area contributed by atoms with Gasteiger partial charge in [-0.25, -0.2) is 0 Å². The molecule has 20 heavy (non-hydrogen) atoms. The van der Waals surface area contributed by atoms with Crippen molar-refractivity contribution in [2.75, 3.05) is 6.61 Å². The monoisotopic (exact) mass is 349 g/mol. The van der Waals surface area contributed by atoms with Gasteiger partial charge in [0.15, 0.2) is 0 Å². The molecule has 0 saturated heterocycles. The number of halogens is 4. The molecule has 108 valence electrons. The zero-order valence-electron chi connectivity index (χ0n) is 10.6. The van der Waals surface area contributed by atoms with Gasteiger partial charge in [-0.1, -0.05) is 15.9 Å². The van der Waals surface area contributed by atoms with Crippen molar-refractivity contribution in [3.05, 3.63) is 34.4 Å². The van der Waals surface area contributed by atoms with Crippen LogP contribution in [-0.4, -0.2) is 12.6 Å². The van der Waals surface area contributed by atoms with Gasteiger partial charge in [0, 0.05) is 5.33 Å². The quantitative estimate of drug-likeness (QED) is 0.616. The van der Waals surface area contributed by atoms with Gasteiger partial charge < -0.3 is 4.74 Å². The maximum atomic E-state index is 13.0. The second kappa shape index (κ2) is 6.75. The summed E-state index contributed by atoms with van der Waals surface area (Å²) in [6, 6.07) is 3.97. The molecule has 0 aliphatic rings. The molecule has 0 fully saturated rings. The van der Waals surface area contributed by atoms with Gasteiger partial charge in [0.25, 0.3) is 0 Å². The summed E-state index contributed by atoms with van der Waals surface area (Å²) in [5, 5.41) is 9.17. The Bertz CT molecular complexity index is 550. The molecule has 0 radical (unpaired) electrons. The molecule has 0 heterocycles. The third-order valence-corrected chi connectivity index (χ3v) is 3.16. The van der Waals surface area contributed by atoms with E-state index in [-0.39, 0.29) is 23.1 Å². The van der Waals surface area contributed by atoms with Crippen LogP contribution in [0.4, 0.5) is 13.2 Å². The van der Waals surface area contributed by atoms with Crippen LogP contribution in [-0.2, 0) is 27.5 Å². The SMILES string of the molecule is CCOC(=O)Cc1c(C#N)cc(CBr)cc1C(F)(F)F. The molecule has 0 spiro atoms. The van der Waals surface area contributed by atoms with Crippen molar-refractivity contribution in [1.29, 1.82) is 5.26 Å². The van der Waals surface area contributed by atoms with Crippen LogP contribution in [0.2, 0.25) is 0 Å². The Labute approximate surface area is 122 Å². The van der Waals surface area contributed by atoms with Crippen molar-refractivity contribution < 1.29 is 22.7 Å². The second-order valence-electron chi connectivity index (χ2n) is 3.89. The molecule has 0 unspecified atom stereocenters. The Morgan fingerprint density at radius 2 is 2.10 bits per heavy atom. The van der Waals surface area contributed by atoms with Crippen LogP contribution in [0.5, 0.6) is 0 Å². The van der Waals surface area contributed by atoms with E-state index in [0.29, 0.717) is 5.56 Å². The Hall–Kier alpha value is -1.55. The van der Waals surface area contributed by atoms with E-state index in [4.69, 9.17) is 5.26 Å². The largest absolute Gasteiger partial charge is 0.466 e. The van der Waals surface area contributed by atoms with E-state index in [1.54, 1.807) is 13.0 Å². The van der Waals surface area contributed by atoms with Crippen molar-refractivity contribution in [2.45, 2.75) is 24.9 Å². The molecule has 7 heteroatoms. The van der Waals surface area contributed by atoms with E-state index in [9.17, 15) is 18.0 Å². The molecule has 1 aromatic rings. The van der Waals surface area contributed by atoms with Crippen LogP contribution < -0.4 is 0 Å². The minimum Gasteiger partial charge on any atom is -0.466 e.